The van der Waals surface area contributed by atoms with Gasteiger partial charge in [-0.3, -0.25) is 20.1 Å². The third-order valence-electron chi connectivity index (χ3n) is 4.43. The van der Waals surface area contributed by atoms with Gasteiger partial charge in [-0.2, -0.15) is 5.10 Å². The number of likely N-dealkylation sites (tertiary alicyclic amines) is 1. The Bertz CT molecular complexity index is 671. The molecule has 2 aromatic rings. The van der Waals surface area contributed by atoms with Crippen LogP contribution in [0.1, 0.15) is 29.9 Å². The molecule has 1 atom stereocenters. The summed E-state index contributed by atoms with van der Waals surface area (Å²) in [5, 5.41) is 20.9. The SMILES string of the molecule is CNc1ccc(CN2CCC[C@@H](c3cn[nH]c3)C2)cc1[N+](=O)[O-]. The van der Waals surface area contributed by atoms with E-state index in [2.05, 4.69) is 20.4 Å². The fourth-order valence-electron chi connectivity index (χ4n) is 3.25. The minimum absolute atomic E-state index is 0.133. The van der Waals surface area contributed by atoms with Crippen molar-refractivity contribution in [2.45, 2.75) is 25.3 Å². The predicted octanol–water partition coefficient (Wildman–Crippen LogP) is 2.74. The van der Waals surface area contributed by atoms with Crippen molar-refractivity contribution < 1.29 is 4.92 Å². The molecule has 122 valence electrons. The van der Waals surface area contributed by atoms with Gasteiger partial charge in [0.1, 0.15) is 5.69 Å². The van der Waals surface area contributed by atoms with Gasteiger partial charge in [-0.05, 0) is 42.5 Å². The molecule has 1 fully saturated rings. The van der Waals surface area contributed by atoms with Crippen molar-refractivity contribution in [3.05, 3.63) is 51.8 Å². The Balaban J connectivity index is 1.71. The maximum absolute atomic E-state index is 11.2. The number of nitro benzene ring substituents is 1. The van der Waals surface area contributed by atoms with Crippen LogP contribution in [0.4, 0.5) is 11.4 Å². The van der Waals surface area contributed by atoms with Crippen molar-refractivity contribution in [3.8, 4) is 0 Å². The first kappa shape index (κ1) is 15.5. The molecule has 1 aromatic carbocycles. The molecule has 1 aliphatic heterocycles. The number of benzene rings is 1. The summed E-state index contributed by atoms with van der Waals surface area (Å²) in [5.41, 5.74) is 2.90. The lowest BCUT2D eigenvalue weighted by Gasteiger charge is -2.32. The van der Waals surface area contributed by atoms with Crippen LogP contribution in [0.2, 0.25) is 0 Å². The summed E-state index contributed by atoms with van der Waals surface area (Å²) in [4.78, 5) is 13.2. The van der Waals surface area contributed by atoms with Crippen LogP contribution in [-0.2, 0) is 6.54 Å². The average Bonchev–Trinajstić information content (AvgIpc) is 3.09. The fourth-order valence-corrected chi connectivity index (χ4v) is 3.25. The zero-order valence-electron chi connectivity index (χ0n) is 13.2. The lowest BCUT2D eigenvalue weighted by atomic mass is 9.92. The molecule has 7 heteroatoms. The minimum atomic E-state index is -0.334. The number of piperidine rings is 1. The zero-order chi connectivity index (χ0) is 16.2. The van der Waals surface area contributed by atoms with Crippen LogP contribution >= 0.6 is 0 Å². The third-order valence-corrected chi connectivity index (χ3v) is 4.43. The number of nitro groups is 1. The summed E-state index contributed by atoms with van der Waals surface area (Å²) in [6, 6.07) is 5.42. The van der Waals surface area contributed by atoms with Crippen LogP contribution in [0.15, 0.2) is 30.6 Å². The Labute approximate surface area is 134 Å². The number of hydrogen-bond donors (Lipinski definition) is 2. The Hall–Kier alpha value is -2.41. The number of nitrogens with zero attached hydrogens (tertiary/aromatic N) is 3. The second-order valence-corrected chi connectivity index (χ2v) is 5.96. The van der Waals surface area contributed by atoms with E-state index >= 15 is 0 Å². The van der Waals surface area contributed by atoms with E-state index in [1.807, 2.05) is 18.5 Å². The molecule has 0 aliphatic carbocycles. The van der Waals surface area contributed by atoms with Crippen molar-refractivity contribution in [1.29, 1.82) is 0 Å². The molecule has 2 N–H and O–H groups in total. The Morgan fingerprint density at radius 2 is 2.39 bits per heavy atom. The fraction of sp³-hybridized carbons (Fsp3) is 0.438. The molecule has 23 heavy (non-hydrogen) atoms. The number of aromatic nitrogens is 2. The number of H-pyrrole nitrogens is 1. The van der Waals surface area contributed by atoms with E-state index in [1.165, 1.54) is 5.56 Å². The van der Waals surface area contributed by atoms with Gasteiger partial charge in [-0.25, -0.2) is 0 Å². The predicted molar refractivity (Wildman–Crippen MR) is 88.5 cm³/mol. The summed E-state index contributed by atoms with van der Waals surface area (Å²) >= 11 is 0. The molecule has 0 bridgehead atoms. The highest BCUT2D eigenvalue weighted by Crippen LogP contribution is 2.29. The van der Waals surface area contributed by atoms with Gasteiger partial charge in [0.05, 0.1) is 11.1 Å². The second kappa shape index (κ2) is 6.78. The van der Waals surface area contributed by atoms with E-state index in [4.69, 9.17) is 0 Å². The van der Waals surface area contributed by atoms with E-state index in [1.54, 1.807) is 19.2 Å². The van der Waals surface area contributed by atoms with E-state index in [0.29, 0.717) is 11.6 Å². The van der Waals surface area contributed by atoms with Crippen LogP contribution < -0.4 is 5.32 Å². The van der Waals surface area contributed by atoms with E-state index in [0.717, 1.165) is 38.0 Å². The van der Waals surface area contributed by atoms with Crippen molar-refractivity contribution in [2.24, 2.45) is 0 Å². The molecule has 1 aliphatic rings. The molecule has 1 saturated heterocycles. The first-order valence-corrected chi connectivity index (χ1v) is 7.83. The normalized spacial score (nSPS) is 18.7. The molecular weight excluding hydrogens is 294 g/mol. The van der Waals surface area contributed by atoms with Gasteiger partial charge in [0.2, 0.25) is 0 Å². The van der Waals surface area contributed by atoms with E-state index in [9.17, 15) is 10.1 Å². The standard InChI is InChI=1S/C16H21N5O2/c1-17-15-5-4-12(7-16(15)21(22)23)10-20-6-2-3-13(11-20)14-8-18-19-9-14/h4-5,7-9,13,17H,2-3,6,10-11H2,1H3,(H,18,19)/t13-/m1/s1. The van der Waals surface area contributed by atoms with Crippen LogP contribution in [-0.4, -0.2) is 40.2 Å². The van der Waals surface area contributed by atoms with Gasteiger partial charge >= 0.3 is 0 Å². The van der Waals surface area contributed by atoms with Crippen LogP contribution in [0.5, 0.6) is 0 Å². The van der Waals surface area contributed by atoms with Crippen molar-refractivity contribution in [2.75, 3.05) is 25.5 Å². The van der Waals surface area contributed by atoms with Crippen LogP contribution in [0, 0.1) is 10.1 Å². The smallest absolute Gasteiger partial charge is 0.292 e. The Morgan fingerprint density at radius 1 is 1.52 bits per heavy atom. The van der Waals surface area contributed by atoms with Gasteiger partial charge in [-0.1, -0.05) is 6.07 Å². The highest BCUT2D eigenvalue weighted by atomic mass is 16.6. The number of rotatable bonds is 5. The number of nitrogens with one attached hydrogen (secondary N) is 2. The summed E-state index contributed by atoms with van der Waals surface area (Å²) in [6.45, 7) is 2.72. The number of hydrogen-bond acceptors (Lipinski definition) is 5. The largest absolute Gasteiger partial charge is 0.383 e. The second-order valence-electron chi connectivity index (χ2n) is 5.96. The molecule has 0 unspecified atom stereocenters. The van der Waals surface area contributed by atoms with Crippen molar-refractivity contribution >= 4 is 11.4 Å². The Kier molecular flexibility index (Phi) is 4.57. The summed E-state index contributed by atoms with van der Waals surface area (Å²) < 4.78 is 0. The maximum Gasteiger partial charge on any atom is 0.292 e. The molecule has 0 amide bonds. The Morgan fingerprint density at radius 3 is 3.09 bits per heavy atom. The van der Waals surface area contributed by atoms with Crippen molar-refractivity contribution in [3.63, 3.8) is 0 Å². The van der Waals surface area contributed by atoms with Crippen molar-refractivity contribution in [1.82, 2.24) is 15.1 Å². The lowest BCUT2D eigenvalue weighted by molar-refractivity contribution is -0.384. The molecule has 1 aromatic heterocycles. The van der Waals surface area contributed by atoms with E-state index in [-0.39, 0.29) is 10.6 Å². The monoisotopic (exact) mass is 315 g/mol. The van der Waals surface area contributed by atoms with Gasteiger partial charge in [0, 0.05) is 32.4 Å². The summed E-state index contributed by atoms with van der Waals surface area (Å²) in [7, 11) is 1.70. The lowest BCUT2D eigenvalue weighted by Crippen LogP contribution is -2.33. The molecule has 0 radical (unpaired) electrons. The van der Waals surface area contributed by atoms with Crippen LogP contribution in [0.3, 0.4) is 0 Å². The summed E-state index contributed by atoms with van der Waals surface area (Å²) in [6.07, 6.45) is 6.14. The summed E-state index contributed by atoms with van der Waals surface area (Å²) in [5.74, 6) is 0.481. The van der Waals surface area contributed by atoms with Crippen LogP contribution in [0.25, 0.3) is 0 Å². The molecule has 0 saturated carbocycles. The van der Waals surface area contributed by atoms with E-state index < -0.39 is 0 Å². The number of anilines is 1. The third kappa shape index (κ3) is 3.50. The molecular formula is C16H21N5O2. The quantitative estimate of drug-likeness (QED) is 0.654. The highest BCUT2D eigenvalue weighted by Gasteiger charge is 2.23. The minimum Gasteiger partial charge on any atom is -0.383 e. The average molecular weight is 315 g/mol. The maximum atomic E-state index is 11.2. The number of aromatic amines is 1. The van der Waals surface area contributed by atoms with Gasteiger partial charge in [0.15, 0.2) is 0 Å². The first-order valence-electron chi connectivity index (χ1n) is 7.83. The van der Waals surface area contributed by atoms with Gasteiger partial charge < -0.3 is 5.32 Å². The zero-order valence-corrected chi connectivity index (χ0v) is 13.2. The molecule has 2 heterocycles. The van der Waals surface area contributed by atoms with Gasteiger partial charge in [0.25, 0.3) is 5.69 Å². The van der Waals surface area contributed by atoms with Gasteiger partial charge in [-0.15, -0.1) is 0 Å². The molecule has 0 spiro atoms. The first-order chi connectivity index (χ1) is 11.2. The topological polar surface area (TPSA) is 87.1 Å². The molecule has 3 rings (SSSR count). The molecule has 7 nitrogen and oxygen atoms in total. The highest BCUT2D eigenvalue weighted by molar-refractivity contribution is 5.62.